The second-order valence-electron chi connectivity index (χ2n) is 5.78. The minimum Gasteiger partial charge on any atom is -0.436 e. The van der Waals surface area contributed by atoms with Gasteiger partial charge in [0.2, 0.25) is 5.89 Å². The molecule has 0 amide bonds. The molecule has 0 radical (unpaired) electrons. The Hall–Kier alpha value is -1.84. The normalized spacial score (nSPS) is 15.7. The van der Waals surface area contributed by atoms with E-state index in [4.69, 9.17) is 16.0 Å². The zero-order valence-corrected chi connectivity index (χ0v) is 13.0. The Bertz CT molecular complexity index is 806. The lowest BCUT2D eigenvalue weighted by Gasteiger charge is -2.13. The van der Waals surface area contributed by atoms with Crippen molar-refractivity contribution in [3.8, 4) is 11.5 Å². The minimum atomic E-state index is 0.582. The van der Waals surface area contributed by atoms with E-state index >= 15 is 0 Å². The third kappa shape index (κ3) is 2.62. The molecule has 112 valence electrons. The largest absolute Gasteiger partial charge is 0.436 e. The number of halogens is 1. The lowest BCUT2D eigenvalue weighted by molar-refractivity contribution is 0.331. The van der Waals surface area contributed by atoms with E-state index in [1.54, 1.807) is 0 Å². The monoisotopic (exact) mass is 312 g/mol. The van der Waals surface area contributed by atoms with Crippen LogP contribution in [-0.4, -0.2) is 23.0 Å². The SMILES string of the molecule is Clc1ccccc1-c1nc2cc(CN3CCCC3)ccc2o1. The Labute approximate surface area is 134 Å². The first-order valence-electron chi connectivity index (χ1n) is 7.66. The van der Waals surface area contributed by atoms with Crippen molar-refractivity contribution in [2.75, 3.05) is 13.1 Å². The Kier molecular flexibility index (Phi) is 3.60. The first-order valence-corrected chi connectivity index (χ1v) is 8.04. The number of hydrogen-bond acceptors (Lipinski definition) is 3. The summed E-state index contributed by atoms with van der Waals surface area (Å²) in [5, 5.41) is 0.659. The Balaban J connectivity index is 1.67. The number of aromatic nitrogens is 1. The second-order valence-corrected chi connectivity index (χ2v) is 6.19. The molecule has 0 atom stereocenters. The molecule has 3 nitrogen and oxygen atoms in total. The molecule has 22 heavy (non-hydrogen) atoms. The number of hydrogen-bond donors (Lipinski definition) is 0. The van der Waals surface area contributed by atoms with Crippen LogP contribution in [0, 0.1) is 0 Å². The summed E-state index contributed by atoms with van der Waals surface area (Å²) in [6, 6.07) is 13.9. The zero-order chi connectivity index (χ0) is 14.9. The summed E-state index contributed by atoms with van der Waals surface area (Å²) >= 11 is 6.22. The van der Waals surface area contributed by atoms with Gasteiger partial charge in [0.1, 0.15) is 5.52 Å². The van der Waals surface area contributed by atoms with E-state index in [1.807, 2.05) is 30.3 Å². The predicted molar refractivity (Wildman–Crippen MR) is 89.0 cm³/mol. The van der Waals surface area contributed by atoms with Crippen molar-refractivity contribution >= 4 is 22.7 Å². The third-order valence-electron chi connectivity index (χ3n) is 4.16. The number of rotatable bonds is 3. The van der Waals surface area contributed by atoms with Crippen LogP contribution in [0.5, 0.6) is 0 Å². The Morgan fingerprint density at radius 2 is 1.91 bits per heavy atom. The smallest absolute Gasteiger partial charge is 0.228 e. The van der Waals surface area contributed by atoms with Crippen LogP contribution in [0.3, 0.4) is 0 Å². The first-order chi connectivity index (χ1) is 10.8. The molecule has 0 unspecified atom stereocenters. The topological polar surface area (TPSA) is 29.3 Å². The third-order valence-corrected chi connectivity index (χ3v) is 4.49. The van der Waals surface area contributed by atoms with Crippen molar-refractivity contribution in [3.63, 3.8) is 0 Å². The number of likely N-dealkylation sites (tertiary alicyclic amines) is 1. The molecule has 1 fully saturated rings. The van der Waals surface area contributed by atoms with Gasteiger partial charge in [-0.2, -0.15) is 0 Å². The van der Waals surface area contributed by atoms with E-state index in [0.29, 0.717) is 10.9 Å². The molecule has 1 aromatic heterocycles. The first kappa shape index (κ1) is 13.8. The van der Waals surface area contributed by atoms with E-state index in [2.05, 4.69) is 22.0 Å². The van der Waals surface area contributed by atoms with Gasteiger partial charge in [0.25, 0.3) is 0 Å². The van der Waals surface area contributed by atoms with Gasteiger partial charge < -0.3 is 4.42 Å². The maximum atomic E-state index is 6.22. The molecule has 4 heteroatoms. The molecule has 2 heterocycles. The van der Waals surface area contributed by atoms with Gasteiger partial charge in [0.15, 0.2) is 5.58 Å². The highest BCUT2D eigenvalue weighted by molar-refractivity contribution is 6.33. The van der Waals surface area contributed by atoms with Gasteiger partial charge in [-0.15, -0.1) is 0 Å². The lowest BCUT2D eigenvalue weighted by Crippen LogP contribution is -2.18. The van der Waals surface area contributed by atoms with Crippen LogP contribution in [0.25, 0.3) is 22.6 Å². The van der Waals surface area contributed by atoms with Crippen LogP contribution >= 0.6 is 11.6 Å². The van der Waals surface area contributed by atoms with Crippen LogP contribution in [-0.2, 0) is 6.54 Å². The number of benzene rings is 2. The molecule has 1 aliphatic rings. The molecule has 0 N–H and O–H groups in total. The van der Waals surface area contributed by atoms with E-state index in [1.165, 1.54) is 31.5 Å². The summed E-state index contributed by atoms with van der Waals surface area (Å²) in [6.45, 7) is 3.38. The van der Waals surface area contributed by atoms with E-state index in [0.717, 1.165) is 23.2 Å². The highest BCUT2D eigenvalue weighted by Crippen LogP contribution is 2.30. The molecular weight excluding hydrogens is 296 g/mol. The quantitative estimate of drug-likeness (QED) is 0.699. The fraction of sp³-hybridized carbons (Fsp3) is 0.278. The molecule has 0 aliphatic carbocycles. The van der Waals surface area contributed by atoms with Gasteiger partial charge in [0.05, 0.1) is 10.6 Å². The van der Waals surface area contributed by atoms with E-state index < -0.39 is 0 Å². The molecule has 0 bridgehead atoms. The van der Waals surface area contributed by atoms with E-state index in [-0.39, 0.29) is 0 Å². The summed E-state index contributed by atoms with van der Waals surface area (Å²) in [5.41, 5.74) is 3.82. The average Bonchev–Trinajstić information content (AvgIpc) is 3.16. The van der Waals surface area contributed by atoms with Crippen molar-refractivity contribution in [2.24, 2.45) is 0 Å². The van der Waals surface area contributed by atoms with Crippen LogP contribution in [0.4, 0.5) is 0 Å². The Morgan fingerprint density at radius 3 is 2.73 bits per heavy atom. The van der Waals surface area contributed by atoms with Crippen LogP contribution in [0.2, 0.25) is 5.02 Å². The summed E-state index contributed by atoms with van der Waals surface area (Å²) in [5.74, 6) is 0.582. The van der Waals surface area contributed by atoms with Crippen LogP contribution in [0.1, 0.15) is 18.4 Å². The molecule has 0 spiro atoms. The van der Waals surface area contributed by atoms with Gasteiger partial charge in [-0.1, -0.05) is 29.8 Å². The highest BCUT2D eigenvalue weighted by atomic mass is 35.5. The lowest BCUT2D eigenvalue weighted by atomic mass is 10.2. The van der Waals surface area contributed by atoms with Crippen molar-refractivity contribution in [1.29, 1.82) is 0 Å². The van der Waals surface area contributed by atoms with Gasteiger partial charge in [-0.05, 0) is 55.8 Å². The molecule has 0 saturated carbocycles. The number of fused-ring (bicyclic) bond motifs is 1. The summed E-state index contributed by atoms with van der Waals surface area (Å²) in [6.07, 6.45) is 2.62. The fourth-order valence-corrected chi connectivity index (χ4v) is 3.24. The number of oxazole rings is 1. The van der Waals surface area contributed by atoms with Crippen molar-refractivity contribution in [2.45, 2.75) is 19.4 Å². The minimum absolute atomic E-state index is 0.582. The molecule has 2 aromatic carbocycles. The molecule has 1 aliphatic heterocycles. The molecule has 1 saturated heterocycles. The molecule has 4 rings (SSSR count). The zero-order valence-electron chi connectivity index (χ0n) is 12.3. The average molecular weight is 313 g/mol. The maximum absolute atomic E-state index is 6.22. The van der Waals surface area contributed by atoms with Crippen molar-refractivity contribution < 1.29 is 4.42 Å². The van der Waals surface area contributed by atoms with Crippen molar-refractivity contribution in [1.82, 2.24) is 9.88 Å². The highest BCUT2D eigenvalue weighted by Gasteiger charge is 2.14. The number of nitrogens with zero attached hydrogens (tertiary/aromatic N) is 2. The standard InChI is InChI=1S/C18H17ClN2O/c19-15-6-2-1-5-14(15)18-20-16-11-13(7-8-17(16)22-18)12-21-9-3-4-10-21/h1-2,5-8,11H,3-4,9-10,12H2. The van der Waals surface area contributed by atoms with Crippen LogP contribution in [0.15, 0.2) is 46.9 Å². The predicted octanol–water partition coefficient (Wildman–Crippen LogP) is 4.74. The Morgan fingerprint density at radius 1 is 1.09 bits per heavy atom. The summed E-state index contributed by atoms with van der Waals surface area (Å²) in [7, 11) is 0. The molecule has 3 aromatic rings. The van der Waals surface area contributed by atoms with Crippen LogP contribution < -0.4 is 0 Å². The fourth-order valence-electron chi connectivity index (χ4n) is 3.02. The second kappa shape index (κ2) is 5.75. The van der Waals surface area contributed by atoms with Gasteiger partial charge >= 0.3 is 0 Å². The summed E-state index contributed by atoms with van der Waals surface area (Å²) in [4.78, 5) is 7.09. The van der Waals surface area contributed by atoms with E-state index in [9.17, 15) is 0 Å². The maximum Gasteiger partial charge on any atom is 0.228 e. The van der Waals surface area contributed by atoms with Gasteiger partial charge in [0, 0.05) is 6.54 Å². The molecular formula is C18H17ClN2O. The van der Waals surface area contributed by atoms with Crippen molar-refractivity contribution in [3.05, 3.63) is 53.1 Å². The van der Waals surface area contributed by atoms with Gasteiger partial charge in [-0.3, -0.25) is 4.90 Å². The summed E-state index contributed by atoms with van der Waals surface area (Å²) < 4.78 is 5.85. The van der Waals surface area contributed by atoms with Gasteiger partial charge in [-0.25, -0.2) is 4.98 Å².